The zero-order chi connectivity index (χ0) is 12.5. The van der Waals surface area contributed by atoms with E-state index in [4.69, 9.17) is 0 Å². The Morgan fingerprint density at radius 2 is 2.29 bits per heavy atom. The molecule has 1 aromatic heterocycles. The summed E-state index contributed by atoms with van der Waals surface area (Å²) in [6.45, 7) is 7.41. The van der Waals surface area contributed by atoms with Crippen LogP contribution in [0.5, 0.6) is 0 Å². The van der Waals surface area contributed by atoms with Crippen molar-refractivity contribution in [2.45, 2.75) is 39.3 Å². The minimum Gasteiger partial charge on any atom is -0.393 e. The molecular weight excluding hydrogens is 214 g/mol. The Morgan fingerprint density at radius 3 is 2.94 bits per heavy atom. The summed E-state index contributed by atoms with van der Waals surface area (Å²) < 4.78 is 1.84. The quantitative estimate of drug-likeness (QED) is 0.845. The Labute approximate surface area is 103 Å². The zero-order valence-electron chi connectivity index (χ0n) is 11.1. The number of likely N-dealkylation sites (tertiary alicyclic amines) is 1. The number of hydrogen-bond acceptors (Lipinski definition) is 3. The van der Waals surface area contributed by atoms with Crippen molar-refractivity contribution in [1.82, 2.24) is 14.7 Å². The van der Waals surface area contributed by atoms with E-state index in [1.54, 1.807) is 0 Å². The molecule has 0 spiro atoms. The first-order valence-electron chi connectivity index (χ1n) is 6.33. The molecule has 1 N–H and O–H groups in total. The highest BCUT2D eigenvalue weighted by molar-refractivity contribution is 5.03. The first kappa shape index (κ1) is 12.6. The maximum Gasteiger partial charge on any atom is 0.0558 e. The van der Waals surface area contributed by atoms with Gasteiger partial charge in [0.15, 0.2) is 0 Å². The third-order valence-corrected chi connectivity index (χ3v) is 3.38. The number of nitrogens with zero attached hydrogens (tertiary/aromatic N) is 3. The molecular formula is C13H23N3O. The van der Waals surface area contributed by atoms with Crippen LogP contribution < -0.4 is 0 Å². The molecule has 17 heavy (non-hydrogen) atoms. The van der Waals surface area contributed by atoms with Gasteiger partial charge in [-0.05, 0) is 18.3 Å². The summed E-state index contributed by atoms with van der Waals surface area (Å²) in [6.07, 6.45) is 5.62. The van der Waals surface area contributed by atoms with E-state index >= 15 is 0 Å². The maximum absolute atomic E-state index is 9.87. The summed E-state index contributed by atoms with van der Waals surface area (Å²) in [5.74, 6) is 0. The van der Waals surface area contributed by atoms with Crippen molar-refractivity contribution in [2.24, 2.45) is 12.5 Å². The summed E-state index contributed by atoms with van der Waals surface area (Å²) in [7, 11) is 1.94. The van der Waals surface area contributed by atoms with Gasteiger partial charge in [-0.2, -0.15) is 5.10 Å². The minimum atomic E-state index is -0.149. The van der Waals surface area contributed by atoms with Crippen LogP contribution in [0, 0.1) is 5.41 Å². The lowest BCUT2D eigenvalue weighted by molar-refractivity contribution is 0.121. The van der Waals surface area contributed by atoms with E-state index in [9.17, 15) is 5.11 Å². The smallest absolute Gasteiger partial charge is 0.0558 e. The Morgan fingerprint density at radius 1 is 1.53 bits per heavy atom. The van der Waals surface area contributed by atoms with Crippen LogP contribution in [0.3, 0.4) is 0 Å². The van der Waals surface area contributed by atoms with Gasteiger partial charge in [-0.15, -0.1) is 0 Å². The van der Waals surface area contributed by atoms with Crippen LogP contribution in [0.4, 0.5) is 0 Å². The summed E-state index contributed by atoms with van der Waals surface area (Å²) in [4.78, 5) is 2.42. The fraction of sp³-hybridized carbons (Fsp3) is 0.769. The summed E-state index contributed by atoms with van der Waals surface area (Å²) >= 11 is 0. The van der Waals surface area contributed by atoms with Crippen molar-refractivity contribution in [1.29, 1.82) is 0 Å². The summed E-state index contributed by atoms with van der Waals surface area (Å²) in [5.41, 5.74) is 1.44. The average molecular weight is 237 g/mol. The second kappa shape index (κ2) is 4.78. The van der Waals surface area contributed by atoms with E-state index in [0.29, 0.717) is 0 Å². The Kier molecular flexibility index (Phi) is 3.54. The van der Waals surface area contributed by atoms with Crippen LogP contribution in [-0.4, -0.2) is 39.0 Å². The van der Waals surface area contributed by atoms with Gasteiger partial charge in [0.2, 0.25) is 0 Å². The first-order valence-corrected chi connectivity index (χ1v) is 6.33. The van der Waals surface area contributed by atoms with Crippen LogP contribution in [0.2, 0.25) is 0 Å². The molecule has 2 heterocycles. The lowest BCUT2D eigenvalue weighted by atomic mass is 9.87. The molecule has 1 aliphatic heterocycles. The van der Waals surface area contributed by atoms with E-state index < -0.39 is 0 Å². The molecule has 1 unspecified atom stereocenters. The van der Waals surface area contributed by atoms with E-state index in [1.807, 2.05) is 17.9 Å². The molecule has 96 valence electrons. The van der Waals surface area contributed by atoms with Crippen LogP contribution >= 0.6 is 0 Å². The molecule has 0 bridgehead atoms. The highest BCUT2D eigenvalue weighted by atomic mass is 16.3. The van der Waals surface area contributed by atoms with Crippen molar-refractivity contribution < 1.29 is 5.11 Å². The van der Waals surface area contributed by atoms with Crippen LogP contribution in [0.25, 0.3) is 0 Å². The molecule has 1 saturated heterocycles. The average Bonchev–Trinajstić information content (AvgIpc) is 2.53. The Hall–Kier alpha value is -0.870. The zero-order valence-corrected chi connectivity index (χ0v) is 11.1. The molecule has 1 atom stereocenters. The molecule has 1 aliphatic rings. The molecule has 0 radical (unpaired) electrons. The standard InChI is InChI=1S/C13H23N3O/c1-13(2)6-12(17)4-5-16(10-13)9-11-7-14-15(3)8-11/h7-8,12,17H,4-6,9-10H2,1-3H3. The lowest BCUT2D eigenvalue weighted by Gasteiger charge is -2.29. The van der Waals surface area contributed by atoms with Gasteiger partial charge in [-0.3, -0.25) is 9.58 Å². The summed E-state index contributed by atoms with van der Waals surface area (Å²) in [5, 5.41) is 14.1. The van der Waals surface area contributed by atoms with Crippen molar-refractivity contribution in [3.63, 3.8) is 0 Å². The molecule has 0 amide bonds. The van der Waals surface area contributed by atoms with Crippen LogP contribution in [0.1, 0.15) is 32.3 Å². The van der Waals surface area contributed by atoms with Gasteiger partial charge in [0.1, 0.15) is 0 Å². The lowest BCUT2D eigenvalue weighted by Crippen LogP contribution is -2.32. The molecule has 1 fully saturated rings. The Bertz CT molecular complexity index is 372. The SMILES string of the molecule is Cn1cc(CN2CCC(O)CC(C)(C)C2)cn1. The van der Waals surface area contributed by atoms with Crippen LogP contribution in [0.15, 0.2) is 12.4 Å². The minimum absolute atomic E-state index is 0.149. The van der Waals surface area contributed by atoms with E-state index in [0.717, 1.165) is 32.5 Å². The predicted octanol–water partition coefficient (Wildman–Crippen LogP) is 1.40. The highest BCUT2D eigenvalue weighted by Crippen LogP contribution is 2.28. The van der Waals surface area contributed by atoms with Gasteiger partial charge in [0, 0.05) is 38.4 Å². The van der Waals surface area contributed by atoms with Gasteiger partial charge in [-0.1, -0.05) is 13.8 Å². The van der Waals surface area contributed by atoms with Gasteiger partial charge in [-0.25, -0.2) is 0 Å². The molecule has 4 heteroatoms. The molecule has 1 aromatic rings. The third kappa shape index (κ3) is 3.54. The van der Waals surface area contributed by atoms with E-state index in [1.165, 1.54) is 5.56 Å². The van der Waals surface area contributed by atoms with Crippen molar-refractivity contribution >= 4 is 0 Å². The number of aromatic nitrogens is 2. The maximum atomic E-state index is 9.87. The van der Waals surface area contributed by atoms with Gasteiger partial charge in [0.05, 0.1) is 12.3 Å². The number of rotatable bonds is 2. The topological polar surface area (TPSA) is 41.3 Å². The summed E-state index contributed by atoms with van der Waals surface area (Å²) in [6, 6.07) is 0. The molecule has 2 rings (SSSR count). The second-order valence-corrected chi connectivity index (χ2v) is 6.04. The largest absolute Gasteiger partial charge is 0.393 e. The number of aliphatic hydroxyl groups is 1. The number of hydrogen-bond donors (Lipinski definition) is 1. The number of aliphatic hydroxyl groups excluding tert-OH is 1. The van der Waals surface area contributed by atoms with Crippen molar-refractivity contribution in [3.05, 3.63) is 18.0 Å². The Balaban J connectivity index is 2.00. The number of aryl methyl sites for hydroxylation is 1. The first-order chi connectivity index (χ1) is 7.94. The third-order valence-electron chi connectivity index (χ3n) is 3.38. The molecule has 0 aliphatic carbocycles. The molecule has 4 nitrogen and oxygen atoms in total. The van der Waals surface area contributed by atoms with Gasteiger partial charge in [0.25, 0.3) is 0 Å². The van der Waals surface area contributed by atoms with E-state index in [-0.39, 0.29) is 11.5 Å². The monoisotopic (exact) mass is 237 g/mol. The fourth-order valence-corrected chi connectivity index (χ4v) is 2.77. The van der Waals surface area contributed by atoms with Gasteiger partial charge < -0.3 is 5.11 Å². The normalized spacial score (nSPS) is 25.8. The molecule has 0 saturated carbocycles. The molecule has 0 aromatic carbocycles. The highest BCUT2D eigenvalue weighted by Gasteiger charge is 2.29. The van der Waals surface area contributed by atoms with Crippen molar-refractivity contribution in [3.8, 4) is 0 Å². The van der Waals surface area contributed by atoms with E-state index in [2.05, 4.69) is 30.0 Å². The van der Waals surface area contributed by atoms with Crippen molar-refractivity contribution in [2.75, 3.05) is 13.1 Å². The van der Waals surface area contributed by atoms with Crippen LogP contribution in [-0.2, 0) is 13.6 Å². The predicted molar refractivity (Wildman–Crippen MR) is 67.5 cm³/mol. The fourth-order valence-electron chi connectivity index (χ4n) is 2.77. The van der Waals surface area contributed by atoms with Gasteiger partial charge >= 0.3 is 0 Å². The second-order valence-electron chi connectivity index (χ2n) is 6.04.